The second kappa shape index (κ2) is 14.8. The van der Waals surface area contributed by atoms with Gasteiger partial charge in [-0.15, -0.1) is 0 Å². The first-order valence-corrected chi connectivity index (χ1v) is 15.8. The Hall–Kier alpha value is -5.10. The highest BCUT2D eigenvalue weighted by Crippen LogP contribution is 2.45. The van der Waals surface area contributed by atoms with Gasteiger partial charge in [0.2, 0.25) is 5.75 Å². The zero-order valence-corrected chi connectivity index (χ0v) is 26.8. The molecule has 0 aromatic heterocycles. The summed E-state index contributed by atoms with van der Waals surface area (Å²) >= 11 is 0. The van der Waals surface area contributed by atoms with E-state index in [4.69, 9.17) is 23.7 Å². The van der Waals surface area contributed by atoms with Crippen molar-refractivity contribution in [2.75, 3.05) is 26.2 Å². The van der Waals surface area contributed by atoms with E-state index in [1.165, 1.54) is 11.1 Å². The Bertz CT molecular complexity index is 1710. The SMILES string of the molecule is COc1ccc(CN2c3cc(OCc4ccccc4)cc(OCc4ccccc4)c3CCC2Cc2ccccc2)c(OC)c1OC. The number of ether oxygens (including phenoxy) is 5. The van der Waals surface area contributed by atoms with Crippen molar-refractivity contribution >= 4 is 5.69 Å². The van der Waals surface area contributed by atoms with Gasteiger partial charge in [-0.3, -0.25) is 0 Å². The van der Waals surface area contributed by atoms with Crippen LogP contribution in [0.4, 0.5) is 5.69 Å². The fourth-order valence-electron chi connectivity index (χ4n) is 6.25. The number of hydrogen-bond donors (Lipinski definition) is 0. The first-order valence-electron chi connectivity index (χ1n) is 15.8. The van der Waals surface area contributed by atoms with Crippen LogP contribution in [0.1, 0.15) is 34.2 Å². The lowest BCUT2D eigenvalue weighted by Crippen LogP contribution is -2.40. The molecule has 0 spiro atoms. The first-order chi connectivity index (χ1) is 22.7. The molecule has 6 nitrogen and oxygen atoms in total. The molecule has 6 rings (SSSR count). The zero-order valence-electron chi connectivity index (χ0n) is 26.8. The van der Waals surface area contributed by atoms with Crippen LogP contribution >= 0.6 is 0 Å². The smallest absolute Gasteiger partial charge is 0.203 e. The van der Waals surface area contributed by atoms with Crippen molar-refractivity contribution in [3.63, 3.8) is 0 Å². The minimum atomic E-state index is 0.235. The van der Waals surface area contributed by atoms with Gasteiger partial charge < -0.3 is 28.6 Å². The molecule has 0 saturated carbocycles. The number of hydrogen-bond acceptors (Lipinski definition) is 6. The third-order valence-electron chi connectivity index (χ3n) is 8.56. The van der Waals surface area contributed by atoms with Crippen molar-refractivity contribution in [3.8, 4) is 28.7 Å². The molecule has 5 aromatic carbocycles. The molecule has 0 aliphatic carbocycles. The molecular formula is C40H41NO5. The van der Waals surface area contributed by atoms with Gasteiger partial charge in [0.15, 0.2) is 11.5 Å². The summed E-state index contributed by atoms with van der Waals surface area (Å²) in [6.45, 7) is 1.55. The lowest BCUT2D eigenvalue weighted by Gasteiger charge is -2.40. The summed E-state index contributed by atoms with van der Waals surface area (Å²) in [4.78, 5) is 2.49. The third kappa shape index (κ3) is 7.07. The van der Waals surface area contributed by atoms with Crippen molar-refractivity contribution < 1.29 is 23.7 Å². The van der Waals surface area contributed by atoms with Gasteiger partial charge in [0.05, 0.1) is 21.3 Å². The Morgan fingerprint density at radius 1 is 0.609 bits per heavy atom. The second-order valence-electron chi connectivity index (χ2n) is 11.5. The highest BCUT2D eigenvalue weighted by molar-refractivity contribution is 5.67. The molecule has 5 aromatic rings. The first kappa shape index (κ1) is 30.9. The molecule has 1 aliphatic heterocycles. The molecule has 1 heterocycles. The van der Waals surface area contributed by atoms with Crippen LogP contribution < -0.4 is 28.6 Å². The second-order valence-corrected chi connectivity index (χ2v) is 11.5. The molecule has 0 bridgehead atoms. The van der Waals surface area contributed by atoms with E-state index < -0.39 is 0 Å². The normalized spacial score (nSPS) is 13.9. The molecule has 0 fully saturated rings. The zero-order chi connectivity index (χ0) is 31.7. The summed E-state index contributed by atoms with van der Waals surface area (Å²) < 4.78 is 30.3. The summed E-state index contributed by atoms with van der Waals surface area (Å²) in [6.07, 6.45) is 2.78. The average molecular weight is 616 g/mol. The van der Waals surface area contributed by atoms with E-state index in [9.17, 15) is 0 Å². The molecule has 0 radical (unpaired) electrons. The van der Waals surface area contributed by atoms with Crippen LogP contribution in [0.25, 0.3) is 0 Å². The van der Waals surface area contributed by atoms with Crippen LogP contribution in [0.5, 0.6) is 28.7 Å². The van der Waals surface area contributed by atoms with Crippen LogP contribution in [0.15, 0.2) is 115 Å². The maximum absolute atomic E-state index is 6.58. The van der Waals surface area contributed by atoms with Crippen molar-refractivity contribution in [2.45, 2.75) is 45.1 Å². The molecular weight excluding hydrogens is 574 g/mol. The summed E-state index contributed by atoms with van der Waals surface area (Å²) in [6, 6.07) is 39.7. The highest BCUT2D eigenvalue weighted by Gasteiger charge is 2.31. The van der Waals surface area contributed by atoms with Gasteiger partial charge in [0.1, 0.15) is 24.7 Å². The van der Waals surface area contributed by atoms with Gasteiger partial charge in [-0.25, -0.2) is 0 Å². The summed E-state index contributed by atoms with van der Waals surface area (Å²) in [5.74, 6) is 3.52. The van der Waals surface area contributed by atoms with Crippen molar-refractivity contribution in [1.29, 1.82) is 0 Å². The van der Waals surface area contributed by atoms with Crippen molar-refractivity contribution in [1.82, 2.24) is 0 Å². The minimum absolute atomic E-state index is 0.235. The van der Waals surface area contributed by atoms with Crippen LogP contribution in [0, 0.1) is 0 Å². The van der Waals surface area contributed by atoms with Gasteiger partial charge in [0.25, 0.3) is 0 Å². The molecule has 0 saturated heterocycles. The summed E-state index contributed by atoms with van der Waals surface area (Å²) in [5, 5.41) is 0. The largest absolute Gasteiger partial charge is 0.493 e. The Morgan fingerprint density at radius 3 is 1.83 bits per heavy atom. The Morgan fingerprint density at radius 2 is 1.22 bits per heavy atom. The maximum atomic E-state index is 6.58. The Balaban J connectivity index is 1.42. The molecule has 1 atom stereocenters. The van der Waals surface area contributed by atoms with Gasteiger partial charge >= 0.3 is 0 Å². The van der Waals surface area contributed by atoms with E-state index in [0.717, 1.165) is 53.1 Å². The van der Waals surface area contributed by atoms with Gasteiger partial charge in [-0.05, 0) is 48.1 Å². The number of benzene rings is 5. The van der Waals surface area contributed by atoms with Gasteiger partial charge in [0, 0.05) is 41.5 Å². The summed E-state index contributed by atoms with van der Waals surface area (Å²) in [5.41, 5.74) is 6.84. The number of nitrogens with zero attached hydrogens (tertiary/aromatic N) is 1. The quantitative estimate of drug-likeness (QED) is 0.133. The lowest BCUT2D eigenvalue weighted by atomic mass is 9.90. The van der Waals surface area contributed by atoms with E-state index in [1.54, 1.807) is 21.3 Å². The number of anilines is 1. The van der Waals surface area contributed by atoms with Gasteiger partial charge in [-0.2, -0.15) is 0 Å². The molecule has 1 aliphatic rings. The number of fused-ring (bicyclic) bond motifs is 1. The predicted octanol–water partition coefficient (Wildman–Crippen LogP) is 8.43. The fraction of sp³-hybridized carbons (Fsp3) is 0.250. The van der Waals surface area contributed by atoms with Crippen molar-refractivity contribution in [2.24, 2.45) is 0 Å². The van der Waals surface area contributed by atoms with Crippen LogP contribution in [0.3, 0.4) is 0 Å². The molecule has 46 heavy (non-hydrogen) atoms. The number of rotatable bonds is 13. The lowest BCUT2D eigenvalue weighted by molar-refractivity contribution is 0.286. The molecule has 0 N–H and O–H groups in total. The third-order valence-corrected chi connectivity index (χ3v) is 8.56. The van der Waals surface area contributed by atoms with Crippen LogP contribution in [0.2, 0.25) is 0 Å². The van der Waals surface area contributed by atoms with E-state index in [-0.39, 0.29) is 6.04 Å². The monoisotopic (exact) mass is 615 g/mol. The van der Waals surface area contributed by atoms with Gasteiger partial charge in [-0.1, -0.05) is 91.0 Å². The van der Waals surface area contributed by atoms with Crippen LogP contribution in [-0.4, -0.2) is 27.4 Å². The summed E-state index contributed by atoms with van der Waals surface area (Å²) in [7, 11) is 4.96. The molecule has 6 heteroatoms. The van der Waals surface area contributed by atoms with E-state index in [1.807, 2.05) is 42.5 Å². The Kier molecular flexibility index (Phi) is 9.93. The van der Waals surface area contributed by atoms with Crippen LogP contribution in [-0.2, 0) is 32.6 Å². The Labute approximate surface area is 272 Å². The fourth-order valence-corrected chi connectivity index (χ4v) is 6.25. The molecule has 0 amide bonds. The average Bonchev–Trinajstić information content (AvgIpc) is 3.11. The van der Waals surface area contributed by atoms with Crippen molar-refractivity contribution in [3.05, 3.63) is 143 Å². The van der Waals surface area contributed by atoms with E-state index >= 15 is 0 Å². The molecule has 1 unspecified atom stereocenters. The maximum Gasteiger partial charge on any atom is 0.203 e. The molecule has 236 valence electrons. The highest BCUT2D eigenvalue weighted by atomic mass is 16.5. The minimum Gasteiger partial charge on any atom is -0.493 e. The topological polar surface area (TPSA) is 49.4 Å². The standard InChI is InChI=1S/C40H41NO5/c1-42-37-22-19-32(39(43-2)40(37)44-3)26-41-33(23-29-13-7-4-8-14-29)20-21-35-36(41)24-34(45-27-30-15-9-5-10-16-30)25-38(35)46-28-31-17-11-6-12-18-31/h4-19,22,24-25,33H,20-21,23,26-28H2,1-3H3. The van der Waals surface area contributed by atoms with E-state index in [2.05, 4.69) is 77.7 Å². The number of methoxy groups -OCH3 is 3. The predicted molar refractivity (Wildman–Crippen MR) is 183 cm³/mol. The van der Waals surface area contributed by atoms with E-state index in [0.29, 0.717) is 37.0 Å².